The number of thioether (sulfide) groups is 1. The lowest BCUT2D eigenvalue weighted by Gasteiger charge is -2.03. The summed E-state index contributed by atoms with van der Waals surface area (Å²) in [6.07, 6.45) is 0. The molecule has 0 amide bonds. The first-order valence-electron chi connectivity index (χ1n) is 5.78. The first-order valence-corrected chi connectivity index (χ1v) is 6.77. The molecular formula is C14H12N2O2S. The third-order valence-corrected chi connectivity index (χ3v) is 3.61. The van der Waals surface area contributed by atoms with E-state index >= 15 is 0 Å². The number of aromatic hydroxyl groups is 1. The Kier molecular flexibility index (Phi) is 3.05. The number of phenolic OH excluding ortho intramolecular Hbond substituents is 1. The predicted octanol–water partition coefficient (Wildman–Crippen LogP) is 3.41. The molecule has 1 heterocycles. The van der Waals surface area contributed by atoms with Crippen LogP contribution in [0.15, 0.2) is 52.1 Å². The molecule has 4 nitrogen and oxygen atoms in total. The van der Waals surface area contributed by atoms with Crippen LogP contribution in [-0.2, 0) is 5.75 Å². The van der Waals surface area contributed by atoms with Crippen LogP contribution in [0, 0.1) is 0 Å². The van der Waals surface area contributed by atoms with Crippen molar-refractivity contribution in [2.45, 2.75) is 11.0 Å². The van der Waals surface area contributed by atoms with Gasteiger partial charge in [0.25, 0.3) is 5.22 Å². The highest BCUT2D eigenvalue weighted by Gasteiger charge is 2.08. The zero-order valence-corrected chi connectivity index (χ0v) is 10.9. The maximum Gasteiger partial charge on any atom is 0.257 e. The molecule has 5 heteroatoms. The Balaban J connectivity index is 1.80. The summed E-state index contributed by atoms with van der Waals surface area (Å²) in [5.74, 6) is 0.793. The molecule has 0 radical (unpaired) electrons. The number of nitrogens with zero attached hydrogens (tertiary/aromatic N) is 1. The largest absolute Gasteiger partial charge is 0.508 e. The lowest BCUT2D eigenvalue weighted by atomic mass is 10.2. The number of benzene rings is 2. The monoisotopic (exact) mass is 272 g/mol. The van der Waals surface area contributed by atoms with E-state index in [-0.39, 0.29) is 5.75 Å². The van der Waals surface area contributed by atoms with Crippen molar-refractivity contribution in [1.82, 2.24) is 4.98 Å². The lowest BCUT2D eigenvalue weighted by Crippen LogP contribution is -1.88. The highest BCUT2D eigenvalue weighted by atomic mass is 32.2. The highest BCUT2D eigenvalue weighted by molar-refractivity contribution is 7.98. The van der Waals surface area contributed by atoms with Gasteiger partial charge in [0.1, 0.15) is 11.3 Å². The van der Waals surface area contributed by atoms with Crippen molar-refractivity contribution in [3.8, 4) is 5.75 Å². The summed E-state index contributed by atoms with van der Waals surface area (Å²) in [6.45, 7) is 0. The topological polar surface area (TPSA) is 72.3 Å². The fourth-order valence-corrected chi connectivity index (χ4v) is 2.60. The molecule has 1 aromatic heterocycles. The molecule has 3 N–H and O–H groups in total. The van der Waals surface area contributed by atoms with Crippen LogP contribution in [0.1, 0.15) is 5.56 Å². The van der Waals surface area contributed by atoms with Gasteiger partial charge >= 0.3 is 0 Å². The van der Waals surface area contributed by atoms with Crippen LogP contribution in [0.5, 0.6) is 5.75 Å². The smallest absolute Gasteiger partial charge is 0.257 e. The van der Waals surface area contributed by atoms with Gasteiger partial charge in [0, 0.05) is 17.0 Å². The number of oxazole rings is 1. The molecule has 3 rings (SSSR count). The van der Waals surface area contributed by atoms with Crippen molar-refractivity contribution in [3.05, 3.63) is 48.0 Å². The van der Waals surface area contributed by atoms with E-state index in [1.807, 2.05) is 24.3 Å². The van der Waals surface area contributed by atoms with Gasteiger partial charge in [-0.15, -0.1) is 0 Å². The maximum atomic E-state index is 9.73. The van der Waals surface area contributed by atoms with Crippen molar-refractivity contribution in [2.75, 3.05) is 5.73 Å². The Morgan fingerprint density at radius 1 is 1.21 bits per heavy atom. The Bertz CT molecular complexity index is 691. The number of hydrogen-bond acceptors (Lipinski definition) is 5. The van der Waals surface area contributed by atoms with Crippen LogP contribution < -0.4 is 5.73 Å². The quantitative estimate of drug-likeness (QED) is 0.434. The zero-order chi connectivity index (χ0) is 13.2. The standard InChI is InChI=1S/C14H12N2O2S/c15-10-5-6-12(17)9(7-10)8-19-14-16-11-3-1-2-4-13(11)18-14/h1-7,17H,8,15H2. The Morgan fingerprint density at radius 2 is 2.05 bits per heavy atom. The second kappa shape index (κ2) is 4.85. The molecule has 0 aliphatic rings. The fraction of sp³-hybridized carbons (Fsp3) is 0.0714. The maximum absolute atomic E-state index is 9.73. The molecular weight excluding hydrogens is 260 g/mol. The number of nitrogens with two attached hydrogens (primary N) is 1. The van der Waals surface area contributed by atoms with Gasteiger partial charge < -0.3 is 15.3 Å². The second-order valence-corrected chi connectivity index (χ2v) is 5.05. The molecule has 0 bridgehead atoms. The molecule has 96 valence electrons. The zero-order valence-electron chi connectivity index (χ0n) is 10.0. The number of rotatable bonds is 3. The molecule has 2 aromatic carbocycles. The average molecular weight is 272 g/mol. The third kappa shape index (κ3) is 2.51. The van der Waals surface area contributed by atoms with E-state index in [2.05, 4.69) is 4.98 Å². The first kappa shape index (κ1) is 11.9. The Hall–Kier alpha value is -2.14. The molecule has 0 aliphatic heterocycles. The van der Waals surface area contributed by atoms with E-state index in [0.717, 1.165) is 16.7 Å². The summed E-state index contributed by atoms with van der Waals surface area (Å²) in [5.41, 5.74) is 8.70. The minimum absolute atomic E-state index is 0.234. The van der Waals surface area contributed by atoms with Crippen LogP contribution in [0.4, 0.5) is 5.69 Å². The van der Waals surface area contributed by atoms with Gasteiger partial charge in [-0.05, 0) is 30.3 Å². The van der Waals surface area contributed by atoms with E-state index in [9.17, 15) is 5.11 Å². The van der Waals surface area contributed by atoms with Crippen molar-refractivity contribution in [1.29, 1.82) is 0 Å². The molecule has 0 saturated carbocycles. The van der Waals surface area contributed by atoms with Crippen molar-refractivity contribution in [2.24, 2.45) is 0 Å². The third-order valence-electron chi connectivity index (χ3n) is 2.73. The van der Waals surface area contributed by atoms with E-state index in [4.69, 9.17) is 10.2 Å². The second-order valence-electron chi connectivity index (χ2n) is 4.12. The van der Waals surface area contributed by atoms with Crippen molar-refractivity contribution in [3.63, 3.8) is 0 Å². The SMILES string of the molecule is Nc1ccc(O)c(CSc2nc3ccccc3o2)c1. The highest BCUT2D eigenvalue weighted by Crippen LogP contribution is 2.30. The van der Waals surface area contributed by atoms with Gasteiger partial charge in [0.05, 0.1) is 0 Å². The number of nitrogen functional groups attached to an aromatic ring is 1. The lowest BCUT2D eigenvalue weighted by molar-refractivity contribution is 0.470. The number of fused-ring (bicyclic) bond motifs is 1. The minimum Gasteiger partial charge on any atom is -0.508 e. The summed E-state index contributed by atoms with van der Waals surface area (Å²) in [5, 5.41) is 10.3. The van der Waals surface area contributed by atoms with Gasteiger partial charge in [0.2, 0.25) is 0 Å². The molecule has 0 atom stereocenters. The van der Waals surface area contributed by atoms with Crippen LogP contribution in [0.3, 0.4) is 0 Å². The van der Waals surface area contributed by atoms with E-state index in [0.29, 0.717) is 16.7 Å². The summed E-state index contributed by atoms with van der Waals surface area (Å²) in [4.78, 5) is 4.36. The molecule has 0 aliphatic carbocycles. The van der Waals surface area contributed by atoms with E-state index in [1.165, 1.54) is 11.8 Å². The van der Waals surface area contributed by atoms with Crippen molar-refractivity contribution >= 4 is 28.5 Å². The molecule has 19 heavy (non-hydrogen) atoms. The summed E-state index contributed by atoms with van der Waals surface area (Å²) in [7, 11) is 0. The van der Waals surface area contributed by atoms with Crippen LogP contribution in [-0.4, -0.2) is 10.1 Å². The van der Waals surface area contributed by atoms with Crippen molar-refractivity contribution < 1.29 is 9.52 Å². The Morgan fingerprint density at radius 3 is 2.89 bits per heavy atom. The van der Waals surface area contributed by atoms with Gasteiger partial charge in [-0.25, -0.2) is 4.98 Å². The normalized spacial score (nSPS) is 10.9. The first-order chi connectivity index (χ1) is 9.22. The van der Waals surface area contributed by atoms with E-state index in [1.54, 1.807) is 18.2 Å². The van der Waals surface area contributed by atoms with Gasteiger partial charge in [-0.3, -0.25) is 0 Å². The van der Waals surface area contributed by atoms with Crippen LogP contribution in [0.2, 0.25) is 0 Å². The number of para-hydroxylation sites is 2. The number of phenols is 1. The average Bonchev–Trinajstić information content (AvgIpc) is 2.82. The fourth-order valence-electron chi connectivity index (χ4n) is 1.77. The number of anilines is 1. The molecule has 3 aromatic rings. The summed E-state index contributed by atoms with van der Waals surface area (Å²) in [6, 6.07) is 12.6. The molecule has 0 spiro atoms. The number of hydrogen-bond donors (Lipinski definition) is 2. The molecule has 0 saturated heterocycles. The summed E-state index contributed by atoms with van der Waals surface area (Å²) >= 11 is 1.43. The summed E-state index contributed by atoms with van der Waals surface area (Å²) < 4.78 is 5.60. The van der Waals surface area contributed by atoms with Gasteiger partial charge in [-0.1, -0.05) is 23.9 Å². The minimum atomic E-state index is 0.234. The molecule has 0 fully saturated rings. The number of aromatic nitrogens is 1. The van der Waals surface area contributed by atoms with Crippen LogP contribution in [0.25, 0.3) is 11.1 Å². The van der Waals surface area contributed by atoms with Gasteiger partial charge in [0.15, 0.2) is 5.58 Å². The van der Waals surface area contributed by atoms with Crippen LogP contribution >= 0.6 is 11.8 Å². The Labute approximate surface area is 114 Å². The van der Waals surface area contributed by atoms with E-state index < -0.39 is 0 Å². The van der Waals surface area contributed by atoms with Gasteiger partial charge in [-0.2, -0.15) is 0 Å². The predicted molar refractivity (Wildman–Crippen MR) is 76.1 cm³/mol. The molecule has 0 unspecified atom stereocenters.